The van der Waals surface area contributed by atoms with E-state index in [1.807, 2.05) is 58.9 Å². The molecule has 2 fully saturated rings. The van der Waals surface area contributed by atoms with E-state index in [9.17, 15) is 10.1 Å². The molecular weight excluding hydrogens is 684 g/mol. The lowest BCUT2D eigenvalue weighted by molar-refractivity contribution is -0.168. The largest absolute Gasteiger partial charge is 0.439 e. The SMILES string of the molecule is CC(C)[C@@H](OC(=O)C(C)(C)C)n1nnnc1COC[C@H](C)N[C@H]1CC[C@H](Nc2cc(-c3cccc(NCC4(C#N)CCOCC4)n3)c(Cl)cn2)CC1. The lowest BCUT2D eigenvalue weighted by atomic mass is 9.82. The minimum absolute atomic E-state index is 0.0277. The normalized spacial score (nSPS) is 20.1. The topological polar surface area (TPSA) is 174 Å². The van der Waals surface area contributed by atoms with Gasteiger partial charge >= 0.3 is 5.97 Å². The highest BCUT2D eigenvalue weighted by Gasteiger charge is 2.33. The van der Waals surface area contributed by atoms with Crippen LogP contribution in [0.25, 0.3) is 11.3 Å². The van der Waals surface area contributed by atoms with Crippen molar-refractivity contribution in [3.8, 4) is 17.3 Å². The molecule has 282 valence electrons. The summed E-state index contributed by atoms with van der Waals surface area (Å²) in [5.74, 6) is 1.64. The summed E-state index contributed by atoms with van der Waals surface area (Å²) in [6, 6.07) is 11.0. The predicted molar refractivity (Wildman–Crippen MR) is 198 cm³/mol. The van der Waals surface area contributed by atoms with Gasteiger partial charge in [-0.3, -0.25) is 4.79 Å². The Morgan fingerprint density at radius 2 is 1.87 bits per heavy atom. The molecule has 1 saturated carbocycles. The number of tetrazole rings is 1. The summed E-state index contributed by atoms with van der Waals surface area (Å²) in [4.78, 5) is 22.0. The Morgan fingerprint density at radius 3 is 2.56 bits per heavy atom. The fraction of sp³-hybridized carbons (Fsp3) is 0.649. The van der Waals surface area contributed by atoms with Gasteiger partial charge in [0.1, 0.15) is 18.2 Å². The Kier molecular flexibility index (Phi) is 13.4. The maximum absolute atomic E-state index is 12.6. The van der Waals surface area contributed by atoms with Crippen LogP contribution in [-0.2, 0) is 25.6 Å². The molecule has 3 aromatic rings. The van der Waals surface area contributed by atoms with Crippen molar-refractivity contribution in [1.29, 1.82) is 5.26 Å². The summed E-state index contributed by atoms with van der Waals surface area (Å²) < 4.78 is 18.8. The zero-order valence-electron chi connectivity index (χ0n) is 31.2. The average molecular weight is 737 g/mol. The number of anilines is 2. The predicted octanol–water partition coefficient (Wildman–Crippen LogP) is 6.18. The molecule has 5 rings (SSSR count). The fourth-order valence-electron chi connectivity index (χ4n) is 6.40. The number of hydrogen-bond donors (Lipinski definition) is 3. The number of nitriles is 1. The molecule has 0 spiro atoms. The number of esters is 1. The van der Waals surface area contributed by atoms with Crippen LogP contribution in [0.4, 0.5) is 11.6 Å². The van der Waals surface area contributed by atoms with E-state index in [0.717, 1.165) is 42.8 Å². The van der Waals surface area contributed by atoms with E-state index in [0.29, 0.717) is 61.9 Å². The Hall–Kier alpha value is -3.90. The van der Waals surface area contributed by atoms with Crippen molar-refractivity contribution in [2.75, 3.05) is 37.0 Å². The molecule has 1 aliphatic heterocycles. The van der Waals surface area contributed by atoms with Crippen LogP contribution in [0.15, 0.2) is 30.5 Å². The van der Waals surface area contributed by atoms with E-state index >= 15 is 0 Å². The number of nitrogens with zero attached hydrogens (tertiary/aromatic N) is 7. The minimum Gasteiger partial charge on any atom is -0.439 e. The summed E-state index contributed by atoms with van der Waals surface area (Å²) >= 11 is 6.61. The molecule has 0 amide bonds. The first-order valence-electron chi connectivity index (χ1n) is 18.3. The monoisotopic (exact) mass is 736 g/mol. The second-order valence-corrected chi connectivity index (χ2v) is 15.8. The molecule has 4 heterocycles. The van der Waals surface area contributed by atoms with Gasteiger partial charge in [-0.1, -0.05) is 31.5 Å². The zero-order valence-corrected chi connectivity index (χ0v) is 31.9. The number of ether oxygens (including phenoxy) is 3. The molecule has 0 aromatic carbocycles. The van der Waals surface area contributed by atoms with Gasteiger partial charge in [0.05, 0.1) is 34.2 Å². The van der Waals surface area contributed by atoms with Gasteiger partial charge in [-0.2, -0.15) is 9.94 Å². The minimum atomic E-state index is -0.635. The maximum atomic E-state index is 12.6. The van der Waals surface area contributed by atoms with Crippen molar-refractivity contribution in [2.45, 2.75) is 111 Å². The van der Waals surface area contributed by atoms with E-state index in [1.54, 1.807) is 10.9 Å². The van der Waals surface area contributed by atoms with Gasteiger partial charge in [0.15, 0.2) is 5.82 Å². The van der Waals surface area contributed by atoms with E-state index in [1.165, 1.54) is 0 Å². The number of nitrogens with one attached hydrogen (secondary N) is 3. The third-order valence-electron chi connectivity index (χ3n) is 9.59. The van der Waals surface area contributed by atoms with Crippen LogP contribution in [0.1, 0.15) is 92.1 Å². The van der Waals surface area contributed by atoms with Crippen molar-refractivity contribution in [1.82, 2.24) is 35.5 Å². The molecule has 0 unspecified atom stereocenters. The summed E-state index contributed by atoms with van der Waals surface area (Å²) in [7, 11) is 0. The number of halogens is 1. The Bertz CT molecular complexity index is 1660. The highest BCUT2D eigenvalue weighted by Crippen LogP contribution is 2.32. The van der Waals surface area contributed by atoms with E-state index < -0.39 is 17.1 Å². The summed E-state index contributed by atoms with van der Waals surface area (Å²) in [5.41, 5.74) is 0.450. The van der Waals surface area contributed by atoms with Crippen LogP contribution in [0.5, 0.6) is 0 Å². The van der Waals surface area contributed by atoms with Gasteiger partial charge in [-0.15, -0.1) is 5.10 Å². The van der Waals surface area contributed by atoms with Gasteiger partial charge in [0.2, 0.25) is 6.23 Å². The quantitative estimate of drug-likeness (QED) is 0.151. The summed E-state index contributed by atoms with van der Waals surface area (Å²) in [5, 5.41) is 33.1. The van der Waals surface area contributed by atoms with Crippen LogP contribution in [0, 0.1) is 28.1 Å². The van der Waals surface area contributed by atoms with Crippen molar-refractivity contribution in [3.63, 3.8) is 0 Å². The smallest absolute Gasteiger partial charge is 0.313 e. The Balaban J connectivity index is 1.07. The summed E-state index contributed by atoms with van der Waals surface area (Å²) in [6.07, 6.45) is 6.47. The van der Waals surface area contributed by atoms with Crippen LogP contribution >= 0.6 is 11.6 Å². The number of carbonyl (C=O) groups excluding carboxylic acids is 1. The lowest BCUT2D eigenvalue weighted by Crippen LogP contribution is -2.43. The first kappa shape index (κ1) is 39.3. The summed E-state index contributed by atoms with van der Waals surface area (Å²) in [6.45, 7) is 13.9. The van der Waals surface area contributed by atoms with E-state index in [4.69, 9.17) is 30.8 Å². The molecule has 0 radical (unpaired) electrons. The van der Waals surface area contributed by atoms with Crippen molar-refractivity contribution in [2.24, 2.45) is 16.7 Å². The van der Waals surface area contributed by atoms with Crippen LogP contribution in [0.3, 0.4) is 0 Å². The number of pyridine rings is 2. The van der Waals surface area contributed by atoms with Crippen LogP contribution in [-0.4, -0.2) is 80.6 Å². The number of rotatable bonds is 15. The standard InChI is InChI=1S/C37H53ClN10O4/c1-24(2)34(52-35(49)36(4,5)6)48-33(45-46-47-48)21-51-20-25(3)42-26-10-12-27(13-11-26)43-32-18-28(29(38)19-40-32)30-8-7-9-31(44-30)41-23-37(22-39)14-16-50-17-15-37/h7-9,18-19,24-27,34,42H,10-17,20-21,23H2,1-6H3,(H,40,43)(H,41,44)/t25-,26-,27-,34+/m0/s1. The first-order chi connectivity index (χ1) is 24.9. The fourth-order valence-corrected chi connectivity index (χ4v) is 6.60. The Labute approximate surface area is 311 Å². The van der Waals surface area contributed by atoms with Gasteiger partial charge in [0, 0.05) is 55.6 Å². The van der Waals surface area contributed by atoms with Crippen molar-refractivity contribution in [3.05, 3.63) is 41.3 Å². The highest BCUT2D eigenvalue weighted by atomic mass is 35.5. The average Bonchev–Trinajstić information content (AvgIpc) is 3.59. The molecule has 3 N–H and O–H groups in total. The zero-order chi connectivity index (χ0) is 37.3. The molecule has 3 aromatic heterocycles. The van der Waals surface area contributed by atoms with Crippen molar-refractivity contribution >= 4 is 29.2 Å². The molecule has 2 atom stereocenters. The highest BCUT2D eigenvalue weighted by molar-refractivity contribution is 6.33. The number of aromatic nitrogens is 6. The van der Waals surface area contributed by atoms with Gasteiger partial charge in [-0.25, -0.2) is 9.97 Å². The molecule has 1 aliphatic carbocycles. The second kappa shape index (κ2) is 17.7. The molecule has 14 nitrogen and oxygen atoms in total. The Morgan fingerprint density at radius 1 is 1.13 bits per heavy atom. The first-order valence-corrected chi connectivity index (χ1v) is 18.7. The van der Waals surface area contributed by atoms with Gasteiger partial charge in [0.25, 0.3) is 0 Å². The third kappa shape index (κ3) is 10.6. The van der Waals surface area contributed by atoms with Crippen LogP contribution < -0.4 is 16.0 Å². The van der Waals surface area contributed by atoms with Crippen molar-refractivity contribution < 1.29 is 19.0 Å². The van der Waals surface area contributed by atoms with E-state index in [2.05, 4.69) is 49.5 Å². The van der Waals surface area contributed by atoms with E-state index in [-0.39, 0.29) is 30.6 Å². The molecule has 52 heavy (non-hydrogen) atoms. The number of hydrogen-bond acceptors (Lipinski definition) is 13. The number of carbonyl (C=O) groups is 1. The second-order valence-electron chi connectivity index (χ2n) is 15.4. The molecule has 15 heteroatoms. The van der Waals surface area contributed by atoms with Crippen LogP contribution in [0.2, 0.25) is 5.02 Å². The lowest BCUT2D eigenvalue weighted by Gasteiger charge is -2.32. The van der Waals surface area contributed by atoms with Gasteiger partial charge < -0.3 is 30.2 Å². The molecule has 1 saturated heterocycles. The van der Waals surface area contributed by atoms with Gasteiger partial charge in [-0.05, 0) is 94.8 Å². The molecular formula is C37H53ClN10O4. The third-order valence-corrected chi connectivity index (χ3v) is 9.89. The maximum Gasteiger partial charge on any atom is 0.313 e. The molecule has 2 aliphatic rings. The molecule has 0 bridgehead atoms.